The Labute approximate surface area is 112 Å². The van der Waals surface area contributed by atoms with Crippen LogP contribution in [0.3, 0.4) is 0 Å². The normalized spacial score (nSPS) is 10.5. The highest BCUT2D eigenvalue weighted by molar-refractivity contribution is 7.20. The molecule has 17 heavy (non-hydrogen) atoms. The molecule has 1 heterocycles. The molecule has 0 N–H and O–H groups in total. The first-order valence-electron chi connectivity index (χ1n) is 4.79. The average molecular weight is 289 g/mol. The van der Waals surface area contributed by atoms with E-state index in [4.69, 9.17) is 23.2 Å². The Hall–Kier alpha value is -0.900. The number of halogens is 3. The van der Waals surface area contributed by atoms with Gasteiger partial charge < -0.3 is 0 Å². The fourth-order valence-corrected chi connectivity index (χ4v) is 2.91. The Balaban J connectivity index is 2.17. The molecule has 88 valence electrons. The van der Waals surface area contributed by atoms with Crippen LogP contribution >= 0.6 is 34.5 Å². The van der Waals surface area contributed by atoms with Gasteiger partial charge in [0.25, 0.3) is 0 Å². The molecule has 0 unspecified atom stereocenters. The molecule has 0 radical (unpaired) electrons. The zero-order valence-corrected chi connectivity index (χ0v) is 10.9. The second kappa shape index (κ2) is 5.17. The highest BCUT2D eigenvalue weighted by Crippen LogP contribution is 2.31. The van der Waals surface area contributed by atoms with Crippen molar-refractivity contribution in [2.24, 2.45) is 0 Å². The van der Waals surface area contributed by atoms with Gasteiger partial charge in [-0.25, -0.2) is 4.39 Å². The van der Waals surface area contributed by atoms with E-state index < -0.39 is 0 Å². The summed E-state index contributed by atoms with van der Waals surface area (Å²) in [4.78, 5) is 11.9. The third-order valence-electron chi connectivity index (χ3n) is 2.24. The van der Waals surface area contributed by atoms with E-state index in [0.29, 0.717) is 14.2 Å². The summed E-state index contributed by atoms with van der Waals surface area (Å²) in [5, 5.41) is 0. The van der Waals surface area contributed by atoms with Gasteiger partial charge in [-0.1, -0.05) is 35.3 Å². The molecule has 1 nitrogen and oxygen atoms in total. The van der Waals surface area contributed by atoms with Gasteiger partial charge in [0.15, 0.2) is 5.78 Å². The van der Waals surface area contributed by atoms with Crippen molar-refractivity contribution in [1.82, 2.24) is 0 Å². The number of rotatable bonds is 3. The predicted molar refractivity (Wildman–Crippen MR) is 68.8 cm³/mol. The van der Waals surface area contributed by atoms with Crippen LogP contribution in [-0.4, -0.2) is 5.78 Å². The lowest BCUT2D eigenvalue weighted by Crippen LogP contribution is -2.02. The Morgan fingerprint density at radius 3 is 2.41 bits per heavy atom. The van der Waals surface area contributed by atoms with Gasteiger partial charge in [-0.3, -0.25) is 4.79 Å². The lowest BCUT2D eigenvalue weighted by Gasteiger charge is -2.00. The van der Waals surface area contributed by atoms with E-state index in [-0.39, 0.29) is 18.0 Å². The summed E-state index contributed by atoms with van der Waals surface area (Å²) in [7, 11) is 0. The molecule has 0 amide bonds. The summed E-state index contributed by atoms with van der Waals surface area (Å²) < 4.78 is 13.6. The third-order valence-corrected chi connectivity index (χ3v) is 3.72. The lowest BCUT2D eigenvalue weighted by molar-refractivity contribution is 0.0993. The zero-order chi connectivity index (χ0) is 12.4. The number of hydrogen-bond donors (Lipinski definition) is 0. The molecule has 0 aliphatic heterocycles. The van der Waals surface area contributed by atoms with E-state index in [9.17, 15) is 9.18 Å². The van der Waals surface area contributed by atoms with Crippen LogP contribution in [0.4, 0.5) is 4.39 Å². The topological polar surface area (TPSA) is 17.1 Å². The number of thiophene rings is 1. The van der Waals surface area contributed by atoms with Gasteiger partial charge in [-0.15, -0.1) is 11.3 Å². The molecule has 2 rings (SSSR count). The minimum Gasteiger partial charge on any atom is -0.294 e. The van der Waals surface area contributed by atoms with Gasteiger partial charge >= 0.3 is 0 Å². The van der Waals surface area contributed by atoms with Crippen LogP contribution in [0.25, 0.3) is 0 Å². The van der Waals surface area contributed by atoms with Crippen molar-refractivity contribution in [2.75, 3.05) is 0 Å². The summed E-state index contributed by atoms with van der Waals surface area (Å²) in [6, 6.07) is 7.36. The Morgan fingerprint density at radius 1 is 1.24 bits per heavy atom. The predicted octanol–water partition coefficient (Wildman–Crippen LogP) is 4.62. The Kier molecular flexibility index (Phi) is 3.82. The van der Waals surface area contributed by atoms with Crippen molar-refractivity contribution < 1.29 is 9.18 Å². The van der Waals surface area contributed by atoms with Crippen LogP contribution in [0.1, 0.15) is 15.9 Å². The molecule has 5 heteroatoms. The smallest absolute Gasteiger partial charge is 0.169 e. The number of carbonyl (C=O) groups is 1. The van der Waals surface area contributed by atoms with E-state index >= 15 is 0 Å². The molecule has 1 aromatic carbocycles. The second-order valence-corrected chi connectivity index (χ2v) is 5.75. The van der Waals surface area contributed by atoms with Crippen LogP contribution in [0.15, 0.2) is 30.3 Å². The third kappa shape index (κ3) is 3.06. The van der Waals surface area contributed by atoms with Crippen LogP contribution in [0.5, 0.6) is 0 Å². The van der Waals surface area contributed by atoms with E-state index in [2.05, 4.69) is 0 Å². The maximum absolute atomic E-state index is 12.7. The first-order valence-corrected chi connectivity index (χ1v) is 6.36. The molecule has 0 aliphatic rings. The van der Waals surface area contributed by atoms with Crippen LogP contribution in [-0.2, 0) is 6.42 Å². The van der Waals surface area contributed by atoms with Crippen molar-refractivity contribution in [3.63, 3.8) is 0 Å². The molecule has 0 saturated heterocycles. The van der Waals surface area contributed by atoms with Crippen LogP contribution in [0, 0.1) is 5.82 Å². The molecular weight excluding hydrogens is 282 g/mol. The molecule has 2 aromatic rings. The molecular formula is C12H7Cl2FOS. The molecule has 0 spiro atoms. The van der Waals surface area contributed by atoms with Crippen molar-refractivity contribution in [1.29, 1.82) is 0 Å². The van der Waals surface area contributed by atoms with E-state index in [1.165, 1.54) is 12.1 Å². The summed E-state index contributed by atoms with van der Waals surface area (Å²) in [5.74, 6) is -0.442. The fourth-order valence-electron chi connectivity index (χ4n) is 1.41. The molecule has 0 atom stereocenters. The van der Waals surface area contributed by atoms with E-state index in [0.717, 1.165) is 16.9 Å². The highest BCUT2D eigenvalue weighted by Gasteiger charge is 2.14. The number of carbonyl (C=O) groups excluding carboxylic acids is 1. The summed E-state index contributed by atoms with van der Waals surface area (Å²) in [6.45, 7) is 0. The van der Waals surface area contributed by atoms with Crippen molar-refractivity contribution >= 4 is 40.3 Å². The quantitative estimate of drug-likeness (QED) is 0.753. The van der Waals surface area contributed by atoms with Crippen LogP contribution < -0.4 is 0 Å². The zero-order valence-electron chi connectivity index (χ0n) is 8.54. The van der Waals surface area contributed by atoms with E-state index in [1.54, 1.807) is 18.2 Å². The number of Topliss-reactive ketones (excluding diaryl/α,β-unsaturated/α-hetero) is 1. The maximum atomic E-state index is 12.7. The van der Waals surface area contributed by atoms with E-state index in [1.807, 2.05) is 0 Å². The van der Waals surface area contributed by atoms with Gasteiger partial charge in [0.1, 0.15) is 10.2 Å². The Bertz CT molecular complexity index is 548. The minimum atomic E-state index is -0.321. The summed E-state index contributed by atoms with van der Waals surface area (Å²) in [6.07, 6.45) is 0.188. The lowest BCUT2D eigenvalue weighted by atomic mass is 10.1. The standard InChI is InChI=1S/C12H7Cl2FOS/c13-11-6-9(12(14)17-11)10(16)5-7-1-3-8(15)4-2-7/h1-4,6H,5H2. The molecule has 0 fully saturated rings. The summed E-state index contributed by atoms with van der Waals surface area (Å²) >= 11 is 12.8. The first kappa shape index (κ1) is 12.6. The van der Waals surface area contributed by atoms with Gasteiger partial charge in [-0.05, 0) is 23.8 Å². The molecule has 0 saturated carbocycles. The van der Waals surface area contributed by atoms with Crippen molar-refractivity contribution in [2.45, 2.75) is 6.42 Å². The number of benzene rings is 1. The van der Waals surface area contributed by atoms with Crippen LogP contribution in [0.2, 0.25) is 8.67 Å². The van der Waals surface area contributed by atoms with Crippen molar-refractivity contribution in [3.8, 4) is 0 Å². The fraction of sp³-hybridized carbons (Fsp3) is 0.0833. The molecule has 0 aliphatic carbocycles. The molecule has 0 bridgehead atoms. The van der Waals surface area contributed by atoms with Gasteiger partial charge in [0.05, 0.1) is 4.34 Å². The largest absolute Gasteiger partial charge is 0.294 e. The number of hydrogen-bond acceptors (Lipinski definition) is 2. The SMILES string of the molecule is O=C(Cc1ccc(F)cc1)c1cc(Cl)sc1Cl. The summed E-state index contributed by atoms with van der Waals surface area (Å²) in [5.41, 5.74) is 1.17. The van der Waals surface area contributed by atoms with Gasteiger partial charge in [0.2, 0.25) is 0 Å². The second-order valence-electron chi connectivity index (χ2n) is 3.46. The number of ketones is 1. The van der Waals surface area contributed by atoms with Crippen molar-refractivity contribution in [3.05, 3.63) is 55.9 Å². The Morgan fingerprint density at radius 2 is 1.88 bits per heavy atom. The average Bonchev–Trinajstić information content (AvgIpc) is 2.61. The monoisotopic (exact) mass is 288 g/mol. The van der Waals surface area contributed by atoms with Gasteiger partial charge in [-0.2, -0.15) is 0 Å². The maximum Gasteiger partial charge on any atom is 0.169 e. The molecule has 1 aromatic heterocycles. The highest BCUT2D eigenvalue weighted by atomic mass is 35.5. The first-order chi connectivity index (χ1) is 8.06. The minimum absolute atomic E-state index is 0.121. The van der Waals surface area contributed by atoms with Gasteiger partial charge in [0, 0.05) is 12.0 Å².